The Morgan fingerprint density at radius 1 is 1.05 bits per heavy atom. The molecule has 0 bridgehead atoms. The zero-order valence-corrected chi connectivity index (χ0v) is 11.0. The van der Waals surface area contributed by atoms with Gasteiger partial charge in [-0.1, -0.05) is 36.4 Å². The fraction of sp³-hybridized carbons (Fsp3) is 0.250. The normalized spacial score (nSPS) is 11.9. The van der Waals surface area contributed by atoms with Gasteiger partial charge in [-0.05, 0) is 25.1 Å². The summed E-state index contributed by atoms with van der Waals surface area (Å²) in [6.07, 6.45) is 0. The smallest absolute Gasteiger partial charge is 0.124 e. The fourth-order valence-corrected chi connectivity index (χ4v) is 2.01. The molecule has 0 aliphatic rings. The van der Waals surface area contributed by atoms with Crippen molar-refractivity contribution in [3.8, 4) is 5.75 Å². The van der Waals surface area contributed by atoms with Crippen molar-refractivity contribution in [3.05, 3.63) is 60.2 Å². The summed E-state index contributed by atoms with van der Waals surface area (Å²) in [5.74, 6) is 0.812. The molecule has 0 saturated heterocycles. The molecule has 1 atom stereocenters. The third-order valence-corrected chi connectivity index (χ3v) is 2.89. The minimum Gasteiger partial charge on any atom is -0.494 e. The Balaban J connectivity index is 2.22. The SMILES string of the molecule is CCOc1ccccc1C(CO)Nc1ccccc1. The Hall–Kier alpha value is -2.00. The van der Waals surface area contributed by atoms with Gasteiger partial charge in [0.15, 0.2) is 0 Å². The lowest BCUT2D eigenvalue weighted by molar-refractivity contribution is 0.270. The molecule has 0 aromatic heterocycles. The van der Waals surface area contributed by atoms with Gasteiger partial charge in [0.1, 0.15) is 5.75 Å². The van der Waals surface area contributed by atoms with Gasteiger partial charge >= 0.3 is 0 Å². The van der Waals surface area contributed by atoms with Crippen molar-refractivity contribution in [1.82, 2.24) is 0 Å². The number of hydrogen-bond acceptors (Lipinski definition) is 3. The average Bonchev–Trinajstić information content (AvgIpc) is 2.47. The van der Waals surface area contributed by atoms with E-state index in [-0.39, 0.29) is 12.6 Å². The highest BCUT2D eigenvalue weighted by Crippen LogP contribution is 2.27. The molecule has 2 aromatic rings. The first kappa shape index (κ1) is 13.4. The summed E-state index contributed by atoms with van der Waals surface area (Å²) in [6, 6.07) is 17.5. The summed E-state index contributed by atoms with van der Waals surface area (Å²) in [4.78, 5) is 0. The number of nitrogens with one attached hydrogen (secondary N) is 1. The van der Waals surface area contributed by atoms with Crippen molar-refractivity contribution in [2.24, 2.45) is 0 Å². The van der Waals surface area contributed by atoms with E-state index in [1.807, 2.05) is 61.5 Å². The van der Waals surface area contributed by atoms with Crippen LogP contribution in [0, 0.1) is 0 Å². The van der Waals surface area contributed by atoms with E-state index in [0.717, 1.165) is 17.0 Å². The molecule has 3 heteroatoms. The lowest BCUT2D eigenvalue weighted by Crippen LogP contribution is -2.16. The van der Waals surface area contributed by atoms with Gasteiger partial charge in [0, 0.05) is 11.3 Å². The molecule has 2 rings (SSSR count). The maximum absolute atomic E-state index is 9.62. The van der Waals surface area contributed by atoms with E-state index in [2.05, 4.69) is 5.32 Å². The van der Waals surface area contributed by atoms with Crippen LogP contribution in [-0.2, 0) is 0 Å². The van der Waals surface area contributed by atoms with Crippen LogP contribution in [0.15, 0.2) is 54.6 Å². The maximum Gasteiger partial charge on any atom is 0.124 e. The molecular weight excluding hydrogens is 238 g/mol. The molecule has 0 spiro atoms. The molecule has 19 heavy (non-hydrogen) atoms. The van der Waals surface area contributed by atoms with Crippen molar-refractivity contribution in [2.45, 2.75) is 13.0 Å². The Labute approximate surface area is 113 Å². The first-order chi connectivity index (χ1) is 9.35. The number of ether oxygens (including phenoxy) is 1. The Morgan fingerprint density at radius 3 is 2.42 bits per heavy atom. The van der Waals surface area contributed by atoms with Crippen LogP contribution in [0.4, 0.5) is 5.69 Å². The first-order valence-corrected chi connectivity index (χ1v) is 6.49. The number of hydrogen-bond donors (Lipinski definition) is 2. The summed E-state index contributed by atoms with van der Waals surface area (Å²) in [5.41, 5.74) is 1.95. The molecule has 0 saturated carbocycles. The summed E-state index contributed by atoms with van der Waals surface area (Å²) in [6.45, 7) is 2.58. The average molecular weight is 257 g/mol. The summed E-state index contributed by atoms with van der Waals surface area (Å²) in [5, 5.41) is 12.9. The van der Waals surface area contributed by atoms with E-state index in [0.29, 0.717) is 6.61 Å². The van der Waals surface area contributed by atoms with Crippen LogP contribution in [0.3, 0.4) is 0 Å². The van der Waals surface area contributed by atoms with Crippen LogP contribution in [0.2, 0.25) is 0 Å². The van der Waals surface area contributed by atoms with Gasteiger partial charge in [0.25, 0.3) is 0 Å². The maximum atomic E-state index is 9.62. The molecular formula is C16H19NO2. The van der Waals surface area contributed by atoms with Gasteiger partial charge in [-0.25, -0.2) is 0 Å². The van der Waals surface area contributed by atoms with E-state index in [1.165, 1.54) is 0 Å². The Morgan fingerprint density at radius 2 is 1.74 bits per heavy atom. The monoisotopic (exact) mass is 257 g/mol. The topological polar surface area (TPSA) is 41.5 Å². The van der Waals surface area contributed by atoms with Gasteiger partial charge in [-0.15, -0.1) is 0 Å². The third-order valence-electron chi connectivity index (χ3n) is 2.89. The summed E-state index contributed by atoms with van der Waals surface area (Å²) in [7, 11) is 0. The van der Waals surface area contributed by atoms with Gasteiger partial charge in [-0.3, -0.25) is 0 Å². The molecule has 0 aliphatic carbocycles. The largest absolute Gasteiger partial charge is 0.494 e. The van der Waals surface area contributed by atoms with Crippen molar-refractivity contribution in [2.75, 3.05) is 18.5 Å². The first-order valence-electron chi connectivity index (χ1n) is 6.49. The number of para-hydroxylation sites is 2. The number of benzene rings is 2. The van der Waals surface area contributed by atoms with Crippen LogP contribution in [0.25, 0.3) is 0 Å². The molecule has 1 unspecified atom stereocenters. The lowest BCUT2D eigenvalue weighted by atomic mass is 10.1. The van der Waals surface area contributed by atoms with Crippen molar-refractivity contribution in [3.63, 3.8) is 0 Å². The number of rotatable bonds is 6. The predicted octanol–water partition coefficient (Wildman–Crippen LogP) is 3.23. The minimum atomic E-state index is -0.176. The summed E-state index contributed by atoms with van der Waals surface area (Å²) < 4.78 is 5.61. The number of aliphatic hydroxyl groups is 1. The Bertz CT molecular complexity index is 499. The van der Waals surface area contributed by atoms with Crippen LogP contribution in [0.1, 0.15) is 18.5 Å². The minimum absolute atomic E-state index is 0.0129. The van der Waals surface area contributed by atoms with E-state index < -0.39 is 0 Å². The molecule has 0 radical (unpaired) electrons. The molecule has 0 amide bonds. The van der Waals surface area contributed by atoms with Gasteiger partial charge in [0.05, 0.1) is 19.3 Å². The van der Waals surface area contributed by atoms with E-state index >= 15 is 0 Å². The molecule has 0 aliphatic heterocycles. The zero-order valence-electron chi connectivity index (χ0n) is 11.0. The second-order valence-corrected chi connectivity index (χ2v) is 4.22. The highest BCUT2D eigenvalue weighted by Gasteiger charge is 2.14. The molecule has 3 nitrogen and oxygen atoms in total. The van der Waals surface area contributed by atoms with Gasteiger partial charge in [-0.2, -0.15) is 0 Å². The van der Waals surface area contributed by atoms with Crippen LogP contribution >= 0.6 is 0 Å². The fourth-order valence-electron chi connectivity index (χ4n) is 2.01. The van der Waals surface area contributed by atoms with Crippen molar-refractivity contribution in [1.29, 1.82) is 0 Å². The second-order valence-electron chi connectivity index (χ2n) is 4.22. The standard InChI is InChI=1S/C16H19NO2/c1-2-19-16-11-7-6-10-14(16)15(12-18)17-13-8-4-3-5-9-13/h3-11,15,17-18H,2,12H2,1H3. The third kappa shape index (κ3) is 3.48. The second kappa shape index (κ2) is 6.81. The van der Waals surface area contributed by atoms with Crippen LogP contribution in [0.5, 0.6) is 5.75 Å². The molecule has 100 valence electrons. The van der Waals surface area contributed by atoms with Crippen LogP contribution in [-0.4, -0.2) is 18.3 Å². The van der Waals surface area contributed by atoms with Gasteiger partial charge in [0.2, 0.25) is 0 Å². The lowest BCUT2D eigenvalue weighted by Gasteiger charge is -2.20. The molecule has 0 heterocycles. The number of aliphatic hydroxyl groups excluding tert-OH is 1. The highest BCUT2D eigenvalue weighted by atomic mass is 16.5. The van der Waals surface area contributed by atoms with Crippen molar-refractivity contribution < 1.29 is 9.84 Å². The number of anilines is 1. The summed E-state index contributed by atoms with van der Waals surface area (Å²) >= 11 is 0. The predicted molar refractivity (Wildman–Crippen MR) is 77.5 cm³/mol. The van der Waals surface area contributed by atoms with E-state index in [4.69, 9.17) is 4.74 Å². The van der Waals surface area contributed by atoms with E-state index in [1.54, 1.807) is 0 Å². The van der Waals surface area contributed by atoms with Crippen molar-refractivity contribution >= 4 is 5.69 Å². The van der Waals surface area contributed by atoms with E-state index in [9.17, 15) is 5.11 Å². The quantitative estimate of drug-likeness (QED) is 0.834. The van der Waals surface area contributed by atoms with Gasteiger partial charge < -0.3 is 15.2 Å². The molecule has 2 N–H and O–H groups in total. The molecule has 2 aromatic carbocycles. The molecule has 0 fully saturated rings. The van der Waals surface area contributed by atoms with Crippen LogP contribution < -0.4 is 10.1 Å². The highest BCUT2D eigenvalue weighted by molar-refractivity contribution is 5.47. The zero-order chi connectivity index (χ0) is 13.5. The Kier molecular flexibility index (Phi) is 4.81.